The number of nitrogens with zero attached hydrogens (tertiary/aromatic N) is 12. The highest BCUT2D eigenvalue weighted by Crippen LogP contribution is 2.41. The molecule has 6 aromatic heterocycles. The van der Waals surface area contributed by atoms with Crippen molar-refractivity contribution in [2.45, 2.75) is 77.7 Å². The standard InChI is InChI=1S/C18H18N8O.C14H13ClN6O.C10H17BN2O2/c1-11-8-14(24-23-11)13-2-3-15-17(21-13)26(12-4-7-25(15)10-12)18(27)22-16-9-19-5-6-20-16;15-11-2-1-10-13(18-11)21(9-3-6-20(10)8-9)14(22)19-12-7-16-4-5-17-12;1-7-6-8(13-12-7)11-14-9(2,3)10(4,5)15-11/h2-3,5-6,8-9,12H,4,7,10H2,1H3,(H,23,24)(H,20,22,27);1-2,4-5,7,9H,3,6,8H2,(H,17,19,22);6H,1-5H3,(H,12,13)/t12-;9-;/m00./s1. The summed E-state index contributed by atoms with van der Waals surface area (Å²) >= 11 is 6.01. The molecule has 4 bridgehead atoms. The summed E-state index contributed by atoms with van der Waals surface area (Å²) in [5.41, 5.74) is 5.60. The quantitative estimate of drug-likeness (QED) is 0.129. The molecule has 4 amide bonds. The van der Waals surface area contributed by atoms with E-state index in [4.69, 9.17) is 25.9 Å². The maximum Gasteiger partial charge on any atom is 0.513 e. The molecule has 0 saturated carbocycles. The Balaban J connectivity index is 0.000000127. The Morgan fingerprint density at radius 2 is 1.30 bits per heavy atom. The van der Waals surface area contributed by atoms with Gasteiger partial charge in [-0.15, -0.1) is 0 Å². The zero-order valence-corrected chi connectivity index (χ0v) is 37.0. The summed E-state index contributed by atoms with van der Waals surface area (Å²) in [5.74, 6) is 2.09. The molecule has 0 aromatic carbocycles. The SMILES string of the molecule is Cc1cc(-c2ccc3c(n2)N(C(=O)Nc2cnccn2)[C@H]2CCN3C2)n[nH]1.Cc1cc(B2OC(C)(C)C(C)(C)O2)[nH]n1.O=C(Nc1cnccn1)N1c2nc(Cl)ccc2N2CC[C@H]1C2. The largest absolute Gasteiger partial charge is 0.513 e. The predicted molar refractivity (Wildman–Crippen MR) is 243 cm³/mol. The van der Waals surface area contributed by atoms with Gasteiger partial charge in [0.05, 0.1) is 64.0 Å². The number of aromatic nitrogens is 10. The molecule has 20 nitrogen and oxygen atoms in total. The van der Waals surface area contributed by atoms with E-state index < -0.39 is 0 Å². The first kappa shape index (κ1) is 42.6. The van der Waals surface area contributed by atoms with Gasteiger partial charge in [-0.2, -0.15) is 10.2 Å². The molecule has 3 saturated heterocycles. The average Bonchev–Trinajstić information content (AvgIpc) is 4.12. The van der Waals surface area contributed by atoms with Crippen LogP contribution in [0.15, 0.2) is 73.6 Å². The lowest BCUT2D eigenvalue weighted by Crippen LogP contribution is -2.48. The minimum absolute atomic E-state index is 0.0813. The van der Waals surface area contributed by atoms with E-state index in [9.17, 15) is 9.59 Å². The number of carbonyl (C=O) groups is 2. The van der Waals surface area contributed by atoms with Crippen molar-refractivity contribution in [2.24, 2.45) is 0 Å². The second-order valence-electron chi connectivity index (χ2n) is 17.1. The highest BCUT2D eigenvalue weighted by Gasteiger charge is 2.52. The Morgan fingerprint density at radius 3 is 1.80 bits per heavy atom. The Kier molecular flexibility index (Phi) is 11.4. The first-order chi connectivity index (χ1) is 30.7. The molecule has 6 aromatic rings. The normalized spacial score (nSPS) is 19.5. The molecule has 5 aliphatic rings. The summed E-state index contributed by atoms with van der Waals surface area (Å²) < 4.78 is 11.7. The molecular weight excluding hydrogens is 839 g/mol. The molecule has 22 heteroatoms. The zero-order valence-electron chi connectivity index (χ0n) is 36.3. The highest BCUT2D eigenvalue weighted by atomic mass is 35.5. The number of carbonyl (C=O) groups excluding carboxylic acids is 2. The third-order valence-electron chi connectivity index (χ3n) is 12.1. The van der Waals surface area contributed by atoms with Crippen molar-refractivity contribution < 1.29 is 18.9 Å². The second kappa shape index (κ2) is 17.1. The fraction of sp³-hybridized carbons (Fsp3) is 0.381. The smallest absolute Gasteiger partial charge is 0.398 e. The minimum Gasteiger partial charge on any atom is -0.398 e. The molecule has 0 spiro atoms. The van der Waals surface area contributed by atoms with Gasteiger partial charge >= 0.3 is 19.2 Å². The number of pyridine rings is 2. The molecular formula is C42H48BClN16O4. The number of rotatable bonds is 4. The van der Waals surface area contributed by atoms with Gasteiger partial charge in [0.2, 0.25) is 0 Å². The summed E-state index contributed by atoms with van der Waals surface area (Å²) in [7, 11) is -0.337. The van der Waals surface area contributed by atoms with Gasteiger partial charge in [0, 0.05) is 56.7 Å². The summed E-state index contributed by atoms with van der Waals surface area (Å²) in [6.07, 6.45) is 11.1. The lowest BCUT2D eigenvalue weighted by molar-refractivity contribution is 0.00578. The van der Waals surface area contributed by atoms with E-state index in [1.54, 1.807) is 34.5 Å². The Bertz CT molecular complexity index is 2630. The maximum absolute atomic E-state index is 13.0. The van der Waals surface area contributed by atoms with Crippen molar-refractivity contribution in [1.29, 1.82) is 0 Å². The number of H-pyrrole nitrogens is 2. The fourth-order valence-corrected chi connectivity index (χ4v) is 8.35. The van der Waals surface area contributed by atoms with Crippen LogP contribution in [0, 0.1) is 13.8 Å². The summed E-state index contributed by atoms with van der Waals surface area (Å²) in [6, 6.07) is 11.2. The van der Waals surface area contributed by atoms with Crippen LogP contribution in [0.25, 0.3) is 11.4 Å². The third-order valence-corrected chi connectivity index (χ3v) is 12.3. The van der Waals surface area contributed by atoms with Crippen molar-refractivity contribution in [3.8, 4) is 11.4 Å². The van der Waals surface area contributed by atoms with Crippen molar-refractivity contribution in [3.05, 3.63) is 90.1 Å². The van der Waals surface area contributed by atoms with Crippen molar-refractivity contribution in [2.75, 3.05) is 56.4 Å². The van der Waals surface area contributed by atoms with Gasteiger partial charge in [-0.3, -0.25) is 40.6 Å². The van der Waals surface area contributed by atoms with E-state index in [1.807, 2.05) is 71.9 Å². The molecule has 3 fully saturated rings. The fourth-order valence-electron chi connectivity index (χ4n) is 8.21. The molecule has 0 radical (unpaired) electrons. The van der Waals surface area contributed by atoms with Gasteiger partial charge in [0.1, 0.15) is 10.8 Å². The van der Waals surface area contributed by atoms with E-state index >= 15 is 0 Å². The van der Waals surface area contributed by atoms with E-state index in [1.165, 1.54) is 18.6 Å². The van der Waals surface area contributed by atoms with Gasteiger partial charge < -0.3 is 19.1 Å². The molecule has 330 valence electrons. The van der Waals surface area contributed by atoms with Gasteiger partial charge in [0.25, 0.3) is 0 Å². The number of urea groups is 2. The van der Waals surface area contributed by atoms with Crippen LogP contribution < -0.4 is 35.8 Å². The van der Waals surface area contributed by atoms with Crippen LogP contribution in [0.4, 0.5) is 44.2 Å². The minimum atomic E-state index is -0.337. The number of hydrogen-bond donors (Lipinski definition) is 4. The van der Waals surface area contributed by atoms with E-state index in [2.05, 4.69) is 65.7 Å². The number of aryl methyl sites for hydroxylation is 2. The lowest BCUT2D eigenvalue weighted by atomic mass is 9.85. The number of nitrogens with one attached hydrogen (secondary N) is 4. The van der Waals surface area contributed by atoms with Crippen molar-refractivity contribution in [1.82, 2.24) is 50.3 Å². The van der Waals surface area contributed by atoms with E-state index in [0.29, 0.717) is 28.4 Å². The molecule has 4 N–H and O–H groups in total. The maximum atomic E-state index is 13.0. The number of halogens is 1. The number of hydrogen-bond acceptors (Lipinski definition) is 14. The van der Waals surface area contributed by atoms with Gasteiger partial charge in [-0.1, -0.05) is 11.6 Å². The van der Waals surface area contributed by atoms with Crippen LogP contribution in [0.2, 0.25) is 5.15 Å². The topological polar surface area (TPSA) is 224 Å². The number of aromatic amines is 2. The molecule has 64 heavy (non-hydrogen) atoms. The molecule has 2 atom stereocenters. The van der Waals surface area contributed by atoms with Crippen LogP contribution in [0.1, 0.15) is 51.9 Å². The first-order valence-electron chi connectivity index (χ1n) is 21.0. The highest BCUT2D eigenvalue weighted by molar-refractivity contribution is 6.61. The zero-order chi connectivity index (χ0) is 44.8. The predicted octanol–water partition coefficient (Wildman–Crippen LogP) is 5.37. The van der Waals surface area contributed by atoms with Crippen LogP contribution in [0.3, 0.4) is 0 Å². The Morgan fingerprint density at radius 1 is 0.734 bits per heavy atom. The van der Waals surface area contributed by atoms with Gasteiger partial charge in [-0.05, 0) is 90.8 Å². The number of amides is 4. The third kappa shape index (κ3) is 8.52. The second-order valence-corrected chi connectivity index (χ2v) is 17.5. The van der Waals surface area contributed by atoms with E-state index in [-0.39, 0.29) is 42.5 Å². The molecule has 0 unspecified atom stereocenters. The molecule has 11 rings (SSSR count). The Hall–Kier alpha value is -6.71. The van der Waals surface area contributed by atoms with Crippen LogP contribution in [-0.4, -0.2) is 119 Å². The van der Waals surface area contributed by atoms with Crippen LogP contribution in [0.5, 0.6) is 0 Å². The summed E-state index contributed by atoms with van der Waals surface area (Å²) in [5, 5.41) is 20.2. The van der Waals surface area contributed by atoms with Crippen molar-refractivity contribution >= 4 is 71.0 Å². The average molecular weight is 887 g/mol. The Labute approximate surface area is 374 Å². The number of anilines is 6. The molecule has 11 heterocycles. The first-order valence-corrected chi connectivity index (χ1v) is 21.4. The summed E-state index contributed by atoms with van der Waals surface area (Å²) in [4.78, 5) is 58.9. The molecule has 5 aliphatic heterocycles. The van der Waals surface area contributed by atoms with Gasteiger partial charge in [0.15, 0.2) is 23.3 Å². The van der Waals surface area contributed by atoms with Crippen LogP contribution in [-0.2, 0) is 9.31 Å². The lowest BCUT2D eigenvalue weighted by Gasteiger charge is -2.35. The summed E-state index contributed by atoms with van der Waals surface area (Å²) in [6.45, 7) is 15.5. The van der Waals surface area contributed by atoms with Crippen molar-refractivity contribution in [3.63, 3.8) is 0 Å². The monoisotopic (exact) mass is 886 g/mol. The van der Waals surface area contributed by atoms with Crippen LogP contribution >= 0.6 is 11.6 Å². The molecule has 0 aliphatic carbocycles. The van der Waals surface area contributed by atoms with Gasteiger partial charge in [-0.25, -0.2) is 29.5 Å². The van der Waals surface area contributed by atoms with E-state index in [0.717, 1.165) is 78.8 Å². The number of fused-ring (bicyclic) bond motifs is 8.